The van der Waals surface area contributed by atoms with Crippen LogP contribution in [0.5, 0.6) is 0 Å². The molecule has 0 N–H and O–H groups in total. The Bertz CT molecular complexity index is 1410. The quantitative estimate of drug-likeness (QED) is 0.0262. The van der Waals surface area contributed by atoms with Gasteiger partial charge in [0.25, 0.3) is 0 Å². The zero-order chi connectivity index (χ0) is 49.3. The van der Waals surface area contributed by atoms with Crippen molar-refractivity contribution in [1.82, 2.24) is 0 Å². The van der Waals surface area contributed by atoms with Gasteiger partial charge in [0, 0.05) is 19.3 Å². The number of rotatable bonds is 49. The van der Waals surface area contributed by atoms with E-state index >= 15 is 0 Å². The number of hydrogen-bond acceptors (Lipinski definition) is 6. The van der Waals surface area contributed by atoms with Crippen LogP contribution >= 0.6 is 0 Å². The molecule has 1 atom stereocenters. The molecule has 0 aromatic carbocycles. The largest absolute Gasteiger partial charge is 0.462 e. The third-order valence-corrected chi connectivity index (χ3v) is 11.5. The van der Waals surface area contributed by atoms with Gasteiger partial charge in [0.2, 0.25) is 0 Å². The summed E-state index contributed by atoms with van der Waals surface area (Å²) in [4.78, 5) is 38.0. The maximum absolute atomic E-state index is 12.8. The highest BCUT2D eigenvalue weighted by Gasteiger charge is 2.19. The Kier molecular flexibility index (Phi) is 52.4. The van der Waals surface area contributed by atoms with Gasteiger partial charge in [-0.25, -0.2) is 0 Å². The Morgan fingerprint density at radius 1 is 0.309 bits per heavy atom. The number of unbranched alkanes of at least 4 members (excludes halogenated alkanes) is 20. The van der Waals surface area contributed by atoms with Gasteiger partial charge in [0.15, 0.2) is 6.10 Å². The predicted molar refractivity (Wildman–Crippen MR) is 293 cm³/mol. The number of esters is 3. The summed E-state index contributed by atoms with van der Waals surface area (Å²) in [7, 11) is 0. The van der Waals surface area contributed by atoms with Crippen molar-refractivity contribution in [2.45, 2.75) is 252 Å². The normalized spacial score (nSPS) is 12.9. The van der Waals surface area contributed by atoms with Crippen LogP contribution in [0.2, 0.25) is 0 Å². The van der Waals surface area contributed by atoms with Gasteiger partial charge >= 0.3 is 17.9 Å². The predicted octanol–water partition coefficient (Wildman–Crippen LogP) is 18.7. The molecule has 68 heavy (non-hydrogen) atoms. The topological polar surface area (TPSA) is 78.9 Å². The molecule has 6 nitrogen and oxygen atoms in total. The van der Waals surface area contributed by atoms with Crippen molar-refractivity contribution in [2.24, 2.45) is 0 Å². The van der Waals surface area contributed by atoms with E-state index in [0.717, 1.165) is 135 Å². The van der Waals surface area contributed by atoms with Crippen molar-refractivity contribution in [3.05, 3.63) is 109 Å². The molecular formula is C62H102O6. The molecule has 386 valence electrons. The zero-order valence-corrected chi connectivity index (χ0v) is 44.1. The fraction of sp³-hybridized carbons (Fsp3) is 0.661. The lowest BCUT2D eigenvalue weighted by Gasteiger charge is -2.18. The molecule has 0 heterocycles. The fourth-order valence-electron chi connectivity index (χ4n) is 7.40. The Hall–Kier alpha value is -3.93. The molecule has 0 fully saturated rings. The van der Waals surface area contributed by atoms with E-state index < -0.39 is 6.10 Å². The summed E-state index contributed by atoms with van der Waals surface area (Å²) in [6.45, 7) is 6.36. The summed E-state index contributed by atoms with van der Waals surface area (Å²) < 4.78 is 16.8. The van der Waals surface area contributed by atoms with E-state index in [4.69, 9.17) is 14.2 Å². The third kappa shape index (κ3) is 53.0. The van der Waals surface area contributed by atoms with Gasteiger partial charge in [-0.1, -0.05) is 233 Å². The van der Waals surface area contributed by atoms with Gasteiger partial charge in [-0.3, -0.25) is 14.4 Å². The fourth-order valence-corrected chi connectivity index (χ4v) is 7.40. The van der Waals surface area contributed by atoms with Crippen molar-refractivity contribution in [3.8, 4) is 0 Å². The summed E-state index contributed by atoms with van der Waals surface area (Å²) in [6, 6.07) is 0. The Morgan fingerprint density at radius 3 is 0.897 bits per heavy atom. The summed E-state index contributed by atoms with van der Waals surface area (Å²) >= 11 is 0. The summed E-state index contributed by atoms with van der Waals surface area (Å²) in [5.74, 6) is -0.918. The van der Waals surface area contributed by atoms with Crippen molar-refractivity contribution < 1.29 is 28.6 Å². The van der Waals surface area contributed by atoms with E-state index in [1.165, 1.54) is 70.6 Å². The van der Waals surface area contributed by atoms with Gasteiger partial charge in [-0.15, -0.1) is 0 Å². The highest BCUT2D eigenvalue weighted by Crippen LogP contribution is 2.14. The van der Waals surface area contributed by atoms with Crippen LogP contribution in [0.15, 0.2) is 109 Å². The third-order valence-electron chi connectivity index (χ3n) is 11.5. The van der Waals surface area contributed by atoms with Crippen LogP contribution in [0.25, 0.3) is 0 Å². The average Bonchev–Trinajstić information content (AvgIpc) is 3.34. The standard InChI is InChI=1S/C62H102O6/c1-4-7-10-13-16-19-21-23-25-27-28-29-30-31-32-33-34-36-37-39-41-43-46-49-52-55-61(64)67-58-59(57-66-60(63)54-51-48-45-18-15-12-9-6-3)68-62(65)56-53-50-47-44-42-40-38-35-26-24-22-20-17-14-11-8-5-2/h7-8,10-11,16-17,19-20,23-26,28-29,31-32,34,36,59H,4-6,9,12-15,18,21-22,27,30,33,35,37-58H2,1-3H3/b10-7-,11-8-,19-16-,20-17-,25-23-,26-24-,29-28-,32-31-,36-34-. The first-order chi connectivity index (χ1) is 33.5. The van der Waals surface area contributed by atoms with Crippen molar-refractivity contribution in [1.29, 1.82) is 0 Å². The molecular weight excluding hydrogens is 841 g/mol. The SMILES string of the molecule is CC/C=C\C/C=C\C/C=C\C/C=C\C/C=C\C/C=C\CCCCCCCCC(=O)OCC(COC(=O)CCCCCCCCCC)OC(=O)CCCCCCCCC/C=C\C/C=C\C/C=C\CC. The van der Waals surface area contributed by atoms with Gasteiger partial charge in [-0.05, 0) is 103 Å². The summed E-state index contributed by atoms with van der Waals surface area (Å²) in [6.07, 6.45) is 75.1. The molecule has 0 aromatic rings. The second-order valence-corrected chi connectivity index (χ2v) is 18.1. The smallest absolute Gasteiger partial charge is 0.306 e. The lowest BCUT2D eigenvalue weighted by atomic mass is 10.1. The molecule has 0 saturated carbocycles. The molecule has 1 unspecified atom stereocenters. The lowest BCUT2D eigenvalue weighted by molar-refractivity contribution is -0.167. The van der Waals surface area contributed by atoms with Crippen molar-refractivity contribution in [2.75, 3.05) is 13.2 Å². The van der Waals surface area contributed by atoms with Gasteiger partial charge in [0.05, 0.1) is 0 Å². The summed E-state index contributed by atoms with van der Waals surface area (Å²) in [5.41, 5.74) is 0. The first-order valence-electron chi connectivity index (χ1n) is 27.9. The Balaban J connectivity index is 4.30. The molecule has 0 saturated heterocycles. The molecule has 0 bridgehead atoms. The average molecular weight is 943 g/mol. The summed E-state index contributed by atoms with van der Waals surface area (Å²) in [5, 5.41) is 0. The van der Waals surface area contributed by atoms with Crippen LogP contribution in [-0.4, -0.2) is 37.2 Å². The Labute approximate surface area is 419 Å². The number of carbonyl (C=O) groups excluding carboxylic acids is 3. The minimum atomic E-state index is -0.789. The van der Waals surface area contributed by atoms with Crippen molar-refractivity contribution in [3.63, 3.8) is 0 Å². The molecule has 0 aliphatic rings. The van der Waals surface area contributed by atoms with E-state index in [2.05, 4.69) is 130 Å². The second-order valence-electron chi connectivity index (χ2n) is 18.1. The monoisotopic (exact) mass is 943 g/mol. The minimum Gasteiger partial charge on any atom is -0.462 e. The van der Waals surface area contributed by atoms with Crippen LogP contribution < -0.4 is 0 Å². The van der Waals surface area contributed by atoms with E-state index in [1.54, 1.807) is 0 Å². The second kappa shape index (κ2) is 55.7. The maximum atomic E-state index is 12.8. The molecule has 0 radical (unpaired) electrons. The minimum absolute atomic E-state index is 0.0873. The first-order valence-corrected chi connectivity index (χ1v) is 27.9. The molecule has 0 aliphatic heterocycles. The van der Waals surface area contributed by atoms with E-state index in [9.17, 15) is 14.4 Å². The number of hydrogen-bond donors (Lipinski definition) is 0. The van der Waals surface area contributed by atoms with E-state index in [1.807, 2.05) is 0 Å². The van der Waals surface area contributed by atoms with Crippen LogP contribution in [0.4, 0.5) is 0 Å². The van der Waals surface area contributed by atoms with E-state index in [0.29, 0.717) is 19.3 Å². The van der Waals surface area contributed by atoms with Gasteiger partial charge in [-0.2, -0.15) is 0 Å². The Morgan fingerprint density at radius 2 is 0.574 bits per heavy atom. The zero-order valence-electron chi connectivity index (χ0n) is 44.1. The van der Waals surface area contributed by atoms with E-state index in [-0.39, 0.29) is 31.1 Å². The van der Waals surface area contributed by atoms with Crippen molar-refractivity contribution >= 4 is 17.9 Å². The number of allylic oxidation sites excluding steroid dienone is 18. The highest BCUT2D eigenvalue weighted by molar-refractivity contribution is 5.71. The van der Waals surface area contributed by atoms with Gasteiger partial charge in [0.1, 0.15) is 13.2 Å². The first kappa shape index (κ1) is 64.1. The lowest BCUT2D eigenvalue weighted by Crippen LogP contribution is -2.30. The number of ether oxygens (including phenoxy) is 3. The molecule has 0 aromatic heterocycles. The van der Waals surface area contributed by atoms with Crippen LogP contribution in [-0.2, 0) is 28.6 Å². The molecule has 0 aliphatic carbocycles. The molecule has 0 spiro atoms. The van der Waals surface area contributed by atoms with Crippen LogP contribution in [0.1, 0.15) is 245 Å². The molecule has 6 heteroatoms. The highest BCUT2D eigenvalue weighted by atomic mass is 16.6. The van der Waals surface area contributed by atoms with Crippen LogP contribution in [0, 0.1) is 0 Å². The molecule has 0 amide bonds. The van der Waals surface area contributed by atoms with Gasteiger partial charge < -0.3 is 14.2 Å². The maximum Gasteiger partial charge on any atom is 0.306 e. The van der Waals surface area contributed by atoms with Crippen LogP contribution in [0.3, 0.4) is 0 Å². The number of carbonyl (C=O) groups is 3. The molecule has 0 rings (SSSR count).